The molecular formula is C22H20ClN7OS. The second kappa shape index (κ2) is 7.92. The highest BCUT2D eigenvalue weighted by molar-refractivity contribution is 7.21. The first-order valence-corrected chi connectivity index (χ1v) is 11.1. The summed E-state index contributed by atoms with van der Waals surface area (Å²) < 4.78 is 6.11. The molecule has 10 heteroatoms. The molecule has 162 valence electrons. The average molecular weight is 466 g/mol. The first-order chi connectivity index (χ1) is 15.4. The number of nitrogens with zero attached hydrogens (tertiary/aromatic N) is 5. The van der Waals surface area contributed by atoms with Gasteiger partial charge in [0.15, 0.2) is 5.13 Å². The van der Waals surface area contributed by atoms with Crippen LogP contribution in [0.15, 0.2) is 31.0 Å². The van der Waals surface area contributed by atoms with Crippen molar-refractivity contribution in [3.8, 4) is 16.9 Å². The molecule has 0 saturated heterocycles. The minimum atomic E-state index is 0.118. The van der Waals surface area contributed by atoms with E-state index in [9.17, 15) is 0 Å². The predicted molar refractivity (Wildman–Crippen MR) is 130 cm³/mol. The molecular weight excluding hydrogens is 446 g/mol. The van der Waals surface area contributed by atoms with Crippen molar-refractivity contribution in [1.29, 1.82) is 0 Å². The van der Waals surface area contributed by atoms with E-state index in [4.69, 9.17) is 27.8 Å². The maximum Gasteiger partial charge on any atom is 0.223 e. The summed E-state index contributed by atoms with van der Waals surface area (Å²) in [4.78, 5) is 20.3. The summed E-state index contributed by atoms with van der Waals surface area (Å²) in [5, 5.41) is 0.785. The van der Waals surface area contributed by atoms with E-state index in [0.717, 1.165) is 38.4 Å². The molecule has 0 aliphatic carbocycles. The topological polar surface area (TPSA) is 116 Å². The van der Waals surface area contributed by atoms with Gasteiger partial charge in [0.05, 0.1) is 12.1 Å². The number of fused-ring (bicyclic) bond motifs is 2. The van der Waals surface area contributed by atoms with Gasteiger partial charge in [-0.3, -0.25) is 0 Å². The van der Waals surface area contributed by atoms with E-state index in [1.807, 2.05) is 19.2 Å². The molecule has 1 aliphatic rings. The van der Waals surface area contributed by atoms with E-state index in [2.05, 4.69) is 43.5 Å². The van der Waals surface area contributed by atoms with E-state index in [1.54, 1.807) is 6.08 Å². The van der Waals surface area contributed by atoms with Crippen LogP contribution in [0.1, 0.15) is 16.7 Å². The van der Waals surface area contributed by atoms with Crippen molar-refractivity contribution in [3.63, 3.8) is 0 Å². The SMILES string of the molecule is C=Cc1c(Cl)nc(N)nc1N1CCOc2c(C)cc(-c3cnc4sc(N)nc4c3)cc2C1. The Hall–Kier alpha value is -3.43. The van der Waals surface area contributed by atoms with Gasteiger partial charge < -0.3 is 21.1 Å². The predicted octanol–water partition coefficient (Wildman–Crippen LogP) is 4.32. The van der Waals surface area contributed by atoms with Gasteiger partial charge in [0.25, 0.3) is 0 Å². The summed E-state index contributed by atoms with van der Waals surface area (Å²) in [6, 6.07) is 6.22. The van der Waals surface area contributed by atoms with Crippen LogP contribution in [0, 0.1) is 6.92 Å². The van der Waals surface area contributed by atoms with E-state index in [-0.39, 0.29) is 11.1 Å². The highest BCUT2D eigenvalue weighted by Gasteiger charge is 2.23. The zero-order valence-electron chi connectivity index (χ0n) is 17.3. The molecule has 32 heavy (non-hydrogen) atoms. The Labute approximate surface area is 193 Å². The van der Waals surface area contributed by atoms with Crippen LogP contribution >= 0.6 is 22.9 Å². The Morgan fingerprint density at radius 2 is 2.03 bits per heavy atom. The van der Waals surface area contributed by atoms with E-state index < -0.39 is 0 Å². The number of nitrogens with two attached hydrogens (primary N) is 2. The van der Waals surface area contributed by atoms with Gasteiger partial charge in [0.1, 0.15) is 33.7 Å². The molecule has 0 radical (unpaired) electrons. The zero-order valence-corrected chi connectivity index (χ0v) is 18.9. The number of nitrogen functional groups attached to an aromatic ring is 2. The number of hydrogen-bond donors (Lipinski definition) is 2. The van der Waals surface area contributed by atoms with E-state index >= 15 is 0 Å². The number of benzene rings is 1. The van der Waals surface area contributed by atoms with Gasteiger partial charge in [-0.05, 0) is 36.2 Å². The molecule has 0 spiro atoms. The molecule has 0 saturated carbocycles. The zero-order chi connectivity index (χ0) is 22.4. The summed E-state index contributed by atoms with van der Waals surface area (Å²) in [5.74, 6) is 1.63. The van der Waals surface area contributed by atoms with Crippen molar-refractivity contribution in [3.05, 3.63) is 52.8 Å². The normalized spacial score (nSPS) is 13.5. The Bertz CT molecular complexity index is 1370. The van der Waals surface area contributed by atoms with Crippen molar-refractivity contribution in [2.24, 2.45) is 0 Å². The second-order valence-corrected chi connectivity index (χ2v) is 8.83. The van der Waals surface area contributed by atoms with Crippen molar-refractivity contribution in [2.75, 3.05) is 29.5 Å². The van der Waals surface area contributed by atoms with Crippen molar-refractivity contribution in [2.45, 2.75) is 13.5 Å². The molecule has 1 aromatic carbocycles. The van der Waals surface area contributed by atoms with Gasteiger partial charge in [-0.1, -0.05) is 35.6 Å². The van der Waals surface area contributed by atoms with Crippen LogP contribution in [0.3, 0.4) is 0 Å². The smallest absolute Gasteiger partial charge is 0.223 e. The number of pyridine rings is 1. The maximum atomic E-state index is 6.29. The number of rotatable bonds is 3. The minimum absolute atomic E-state index is 0.118. The fourth-order valence-electron chi connectivity index (χ4n) is 3.92. The van der Waals surface area contributed by atoms with Gasteiger partial charge in [-0.15, -0.1) is 0 Å². The van der Waals surface area contributed by atoms with E-state index in [0.29, 0.717) is 36.2 Å². The van der Waals surface area contributed by atoms with Gasteiger partial charge >= 0.3 is 0 Å². The summed E-state index contributed by atoms with van der Waals surface area (Å²) in [7, 11) is 0. The number of halogens is 1. The first-order valence-electron chi connectivity index (χ1n) is 9.92. The highest BCUT2D eigenvalue weighted by Crippen LogP contribution is 2.36. The fourth-order valence-corrected chi connectivity index (χ4v) is 4.83. The number of aryl methyl sites for hydroxylation is 1. The van der Waals surface area contributed by atoms with Crippen LogP contribution < -0.4 is 21.1 Å². The molecule has 0 unspecified atom stereocenters. The second-order valence-electron chi connectivity index (χ2n) is 7.47. The van der Waals surface area contributed by atoms with Crippen LogP contribution in [-0.4, -0.2) is 33.1 Å². The third-order valence-corrected chi connectivity index (χ3v) is 6.41. The lowest BCUT2D eigenvalue weighted by atomic mass is 9.99. The summed E-state index contributed by atoms with van der Waals surface area (Å²) in [5.41, 5.74) is 17.2. The highest BCUT2D eigenvalue weighted by atomic mass is 35.5. The average Bonchev–Trinajstić information content (AvgIpc) is 2.98. The lowest BCUT2D eigenvalue weighted by Crippen LogP contribution is -2.27. The van der Waals surface area contributed by atoms with Crippen LogP contribution in [-0.2, 0) is 6.54 Å². The summed E-state index contributed by atoms with van der Waals surface area (Å²) in [6.07, 6.45) is 3.49. The molecule has 0 bridgehead atoms. The van der Waals surface area contributed by atoms with Crippen molar-refractivity contribution in [1.82, 2.24) is 19.9 Å². The molecule has 0 fully saturated rings. The first kappa shape index (κ1) is 20.5. The number of anilines is 3. The maximum absolute atomic E-state index is 6.29. The number of thiazole rings is 1. The Balaban J connectivity index is 1.58. The van der Waals surface area contributed by atoms with Crippen LogP contribution in [0.25, 0.3) is 27.6 Å². The van der Waals surface area contributed by atoms with Crippen LogP contribution in [0.4, 0.5) is 16.9 Å². The summed E-state index contributed by atoms with van der Waals surface area (Å²) in [6.45, 7) is 7.57. The quantitative estimate of drug-likeness (QED) is 0.430. The molecule has 4 aromatic rings. The van der Waals surface area contributed by atoms with Crippen molar-refractivity contribution >= 4 is 56.3 Å². The van der Waals surface area contributed by atoms with E-state index in [1.165, 1.54) is 11.3 Å². The minimum Gasteiger partial charge on any atom is -0.491 e. The Morgan fingerprint density at radius 1 is 1.19 bits per heavy atom. The molecule has 0 amide bonds. The fraction of sp³-hybridized carbons (Fsp3) is 0.182. The Morgan fingerprint density at radius 3 is 2.84 bits per heavy atom. The third kappa shape index (κ3) is 3.59. The van der Waals surface area contributed by atoms with Gasteiger partial charge in [-0.25, -0.2) is 15.0 Å². The molecule has 0 atom stereocenters. The summed E-state index contributed by atoms with van der Waals surface area (Å²) >= 11 is 7.67. The standard InChI is InChI=1S/C22H20ClN7OS/c1-3-15-18(23)28-21(24)29-19(15)30-4-5-31-17-11(2)6-12(7-14(17)10-30)13-8-16-20(26-9-13)32-22(25)27-16/h3,6-9H,1,4-5,10H2,2H3,(H2,25,27)(H2,24,28,29). The molecule has 8 nitrogen and oxygen atoms in total. The van der Waals surface area contributed by atoms with Gasteiger partial charge in [-0.2, -0.15) is 4.98 Å². The third-order valence-electron chi connectivity index (χ3n) is 5.32. The van der Waals surface area contributed by atoms with Crippen LogP contribution in [0.2, 0.25) is 5.15 Å². The lowest BCUT2D eigenvalue weighted by molar-refractivity contribution is 0.329. The largest absolute Gasteiger partial charge is 0.491 e. The van der Waals surface area contributed by atoms with Crippen molar-refractivity contribution < 1.29 is 4.74 Å². The molecule has 1 aliphatic heterocycles. The van der Waals surface area contributed by atoms with Gasteiger partial charge in [0, 0.05) is 23.9 Å². The number of ether oxygens (including phenoxy) is 1. The number of hydrogen-bond acceptors (Lipinski definition) is 9. The molecule has 3 aromatic heterocycles. The van der Waals surface area contributed by atoms with Crippen LogP contribution in [0.5, 0.6) is 5.75 Å². The monoisotopic (exact) mass is 465 g/mol. The molecule has 5 rings (SSSR count). The lowest BCUT2D eigenvalue weighted by Gasteiger charge is -2.23. The Kier molecular flexibility index (Phi) is 5.07. The molecule has 4 heterocycles. The number of aromatic nitrogens is 4. The van der Waals surface area contributed by atoms with Gasteiger partial charge in [0.2, 0.25) is 5.95 Å². The molecule has 4 N–H and O–H groups in total.